The molecule has 1 aromatic heterocycles. The third-order valence-electron chi connectivity index (χ3n) is 5.97. The maximum absolute atomic E-state index is 4.64. The van der Waals surface area contributed by atoms with Crippen LogP contribution < -0.4 is 5.32 Å². The molecule has 4 aliphatic rings. The van der Waals surface area contributed by atoms with Crippen LogP contribution in [0.1, 0.15) is 50.3 Å². The van der Waals surface area contributed by atoms with Crippen LogP contribution in [0, 0.1) is 23.2 Å². The van der Waals surface area contributed by atoms with Gasteiger partial charge in [0.15, 0.2) is 0 Å². The molecule has 5 rings (SSSR count). The minimum atomic E-state index is 0.460. The first-order chi connectivity index (χ1) is 9.29. The van der Waals surface area contributed by atoms with Crippen LogP contribution in [0.3, 0.4) is 0 Å². The van der Waals surface area contributed by atoms with Crippen molar-refractivity contribution >= 4 is 0 Å². The molecule has 0 aromatic carbocycles. The summed E-state index contributed by atoms with van der Waals surface area (Å²) in [6.45, 7) is 0. The van der Waals surface area contributed by atoms with Crippen LogP contribution in [-0.4, -0.2) is 12.0 Å². The molecule has 0 spiro atoms. The Morgan fingerprint density at radius 3 is 2.21 bits per heavy atom. The molecule has 19 heavy (non-hydrogen) atoms. The minimum Gasteiger partial charge on any atom is -0.311 e. The van der Waals surface area contributed by atoms with Gasteiger partial charge in [-0.2, -0.15) is 0 Å². The summed E-state index contributed by atoms with van der Waals surface area (Å²) in [6, 6.07) is 6.82. The molecule has 102 valence electrons. The molecule has 1 unspecified atom stereocenters. The molecule has 1 N–H and O–H groups in total. The van der Waals surface area contributed by atoms with Crippen LogP contribution in [0.2, 0.25) is 0 Å². The Kier molecular flexibility index (Phi) is 2.70. The molecule has 1 aromatic rings. The van der Waals surface area contributed by atoms with E-state index < -0.39 is 0 Å². The average Bonchev–Trinajstić information content (AvgIpc) is 2.38. The van der Waals surface area contributed by atoms with Crippen molar-refractivity contribution in [2.45, 2.75) is 44.6 Å². The summed E-state index contributed by atoms with van der Waals surface area (Å²) in [7, 11) is 2.12. The van der Waals surface area contributed by atoms with Crippen molar-refractivity contribution in [3.63, 3.8) is 0 Å². The summed E-state index contributed by atoms with van der Waals surface area (Å²) >= 11 is 0. The Morgan fingerprint density at radius 2 is 1.74 bits per heavy atom. The van der Waals surface area contributed by atoms with Crippen molar-refractivity contribution in [2.75, 3.05) is 7.05 Å². The maximum atomic E-state index is 4.64. The molecular formula is C17H24N2. The summed E-state index contributed by atoms with van der Waals surface area (Å²) in [6.07, 6.45) is 10.8. The molecule has 4 aliphatic carbocycles. The fourth-order valence-corrected chi connectivity index (χ4v) is 5.85. The van der Waals surface area contributed by atoms with Gasteiger partial charge >= 0.3 is 0 Å². The van der Waals surface area contributed by atoms with Gasteiger partial charge in [-0.25, -0.2) is 0 Å². The van der Waals surface area contributed by atoms with Crippen LogP contribution in [-0.2, 0) is 0 Å². The van der Waals surface area contributed by atoms with Gasteiger partial charge in [0.25, 0.3) is 0 Å². The van der Waals surface area contributed by atoms with Crippen LogP contribution in [0.4, 0.5) is 0 Å². The van der Waals surface area contributed by atoms with E-state index in [4.69, 9.17) is 0 Å². The van der Waals surface area contributed by atoms with Gasteiger partial charge < -0.3 is 5.32 Å². The van der Waals surface area contributed by atoms with Gasteiger partial charge in [-0.05, 0) is 80.9 Å². The van der Waals surface area contributed by atoms with E-state index in [1.807, 2.05) is 12.3 Å². The highest BCUT2D eigenvalue weighted by Crippen LogP contribution is 2.63. The lowest BCUT2D eigenvalue weighted by Gasteiger charge is -2.59. The fraction of sp³-hybridized carbons (Fsp3) is 0.706. The van der Waals surface area contributed by atoms with Crippen LogP contribution in [0.15, 0.2) is 24.4 Å². The zero-order chi connectivity index (χ0) is 12.9. The zero-order valence-corrected chi connectivity index (χ0v) is 11.8. The minimum absolute atomic E-state index is 0.460. The highest BCUT2D eigenvalue weighted by molar-refractivity contribution is 5.16. The summed E-state index contributed by atoms with van der Waals surface area (Å²) in [5.74, 6) is 3.02. The predicted molar refractivity (Wildman–Crippen MR) is 76.6 cm³/mol. The SMILES string of the molecule is CNC(c1ccccn1)C12CC3CC(CC(C3)C1)C2. The van der Waals surface area contributed by atoms with E-state index in [0.717, 1.165) is 17.8 Å². The fourth-order valence-electron chi connectivity index (χ4n) is 5.85. The lowest BCUT2D eigenvalue weighted by Crippen LogP contribution is -2.51. The molecule has 0 amide bonds. The first kappa shape index (κ1) is 11.9. The Bertz CT molecular complexity index is 418. The molecule has 4 fully saturated rings. The normalized spacial score (nSPS) is 41.4. The lowest BCUT2D eigenvalue weighted by molar-refractivity contribution is -0.0743. The van der Waals surface area contributed by atoms with E-state index in [1.54, 1.807) is 0 Å². The molecule has 1 heterocycles. The smallest absolute Gasteiger partial charge is 0.0578 e. The molecule has 2 heteroatoms. The first-order valence-corrected chi connectivity index (χ1v) is 7.87. The van der Waals surface area contributed by atoms with E-state index in [0.29, 0.717) is 11.5 Å². The van der Waals surface area contributed by atoms with Gasteiger partial charge in [0.2, 0.25) is 0 Å². The van der Waals surface area contributed by atoms with E-state index in [1.165, 1.54) is 44.2 Å². The summed E-state index contributed by atoms with van der Waals surface area (Å²) in [4.78, 5) is 4.64. The summed E-state index contributed by atoms with van der Waals surface area (Å²) < 4.78 is 0. The third kappa shape index (κ3) is 1.84. The van der Waals surface area contributed by atoms with Crippen LogP contribution in [0.25, 0.3) is 0 Å². The monoisotopic (exact) mass is 256 g/mol. The molecule has 0 aliphatic heterocycles. The molecule has 1 atom stereocenters. The Morgan fingerprint density at radius 1 is 1.11 bits per heavy atom. The molecule has 2 nitrogen and oxygen atoms in total. The number of nitrogens with zero attached hydrogens (tertiary/aromatic N) is 1. The van der Waals surface area contributed by atoms with E-state index in [-0.39, 0.29) is 0 Å². The second-order valence-electron chi connectivity index (χ2n) is 7.26. The lowest BCUT2D eigenvalue weighted by atomic mass is 9.47. The van der Waals surface area contributed by atoms with Gasteiger partial charge in [-0.3, -0.25) is 4.98 Å². The average molecular weight is 256 g/mol. The zero-order valence-electron chi connectivity index (χ0n) is 11.8. The molecule has 4 bridgehead atoms. The predicted octanol–water partition coefficient (Wildman–Crippen LogP) is 3.56. The number of hydrogen-bond acceptors (Lipinski definition) is 2. The largest absolute Gasteiger partial charge is 0.311 e. The number of pyridine rings is 1. The van der Waals surface area contributed by atoms with E-state index in [2.05, 4.69) is 29.5 Å². The highest BCUT2D eigenvalue weighted by atomic mass is 14.9. The highest BCUT2D eigenvalue weighted by Gasteiger charge is 2.54. The van der Waals surface area contributed by atoms with Crippen molar-refractivity contribution < 1.29 is 0 Å². The van der Waals surface area contributed by atoms with Crippen molar-refractivity contribution in [1.29, 1.82) is 0 Å². The number of nitrogens with one attached hydrogen (secondary N) is 1. The quantitative estimate of drug-likeness (QED) is 0.894. The first-order valence-electron chi connectivity index (χ1n) is 7.87. The van der Waals surface area contributed by atoms with Crippen LogP contribution >= 0.6 is 0 Å². The Labute approximate surface area is 116 Å². The topological polar surface area (TPSA) is 24.9 Å². The number of rotatable bonds is 3. The standard InChI is InChI=1S/C17H24N2/c1-18-16(15-4-2-3-5-19-15)17-9-12-6-13(10-17)8-14(7-12)11-17/h2-5,12-14,16,18H,6-11H2,1H3. The van der Waals surface area contributed by atoms with Gasteiger partial charge in [0.1, 0.15) is 0 Å². The van der Waals surface area contributed by atoms with Gasteiger partial charge in [-0.15, -0.1) is 0 Å². The number of aromatic nitrogens is 1. The summed E-state index contributed by atoms with van der Waals surface area (Å²) in [5.41, 5.74) is 1.75. The Balaban J connectivity index is 1.70. The third-order valence-corrected chi connectivity index (χ3v) is 5.97. The van der Waals surface area contributed by atoms with E-state index in [9.17, 15) is 0 Å². The van der Waals surface area contributed by atoms with Crippen molar-refractivity contribution in [3.8, 4) is 0 Å². The van der Waals surface area contributed by atoms with Gasteiger partial charge in [0.05, 0.1) is 11.7 Å². The van der Waals surface area contributed by atoms with Crippen molar-refractivity contribution in [2.24, 2.45) is 23.2 Å². The second-order valence-corrected chi connectivity index (χ2v) is 7.26. The molecule has 0 radical (unpaired) electrons. The van der Waals surface area contributed by atoms with Crippen molar-refractivity contribution in [3.05, 3.63) is 30.1 Å². The Hall–Kier alpha value is -0.890. The number of hydrogen-bond donors (Lipinski definition) is 1. The van der Waals surface area contributed by atoms with E-state index >= 15 is 0 Å². The molecular weight excluding hydrogens is 232 g/mol. The second kappa shape index (κ2) is 4.31. The van der Waals surface area contributed by atoms with Gasteiger partial charge in [-0.1, -0.05) is 6.07 Å². The molecule has 4 saturated carbocycles. The van der Waals surface area contributed by atoms with Crippen molar-refractivity contribution in [1.82, 2.24) is 10.3 Å². The maximum Gasteiger partial charge on any atom is 0.0578 e. The van der Waals surface area contributed by atoms with Crippen LogP contribution in [0.5, 0.6) is 0 Å². The molecule has 0 saturated heterocycles. The summed E-state index contributed by atoms with van der Waals surface area (Å²) in [5, 5.41) is 3.61. The van der Waals surface area contributed by atoms with Gasteiger partial charge in [0, 0.05) is 6.20 Å².